The molecule has 7 nitrogen and oxygen atoms in total. The molecule has 0 atom stereocenters. The fraction of sp³-hybridized carbons (Fsp3) is 0.133. The van der Waals surface area contributed by atoms with Gasteiger partial charge in [0.2, 0.25) is 5.95 Å². The van der Waals surface area contributed by atoms with Gasteiger partial charge in [0.25, 0.3) is 5.56 Å². The topological polar surface area (TPSA) is 98.7 Å². The molecule has 0 spiro atoms. The van der Waals surface area contributed by atoms with Crippen LogP contribution in [0.25, 0.3) is 11.2 Å². The maximum absolute atomic E-state index is 12.6. The number of benzene rings is 1. The smallest absolute Gasteiger partial charge is 0.331 e. The quantitative estimate of drug-likeness (QED) is 0.693. The Hall–Kier alpha value is -3.09. The van der Waals surface area contributed by atoms with E-state index in [0.717, 1.165) is 5.56 Å². The molecule has 3 aromatic rings. The third kappa shape index (κ3) is 2.22. The molecule has 0 aliphatic carbocycles. The van der Waals surface area contributed by atoms with Crippen molar-refractivity contribution in [2.75, 3.05) is 5.73 Å². The van der Waals surface area contributed by atoms with Crippen molar-refractivity contribution in [2.45, 2.75) is 13.1 Å². The first kappa shape index (κ1) is 13.9. The van der Waals surface area contributed by atoms with E-state index in [1.807, 2.05) is 30.3 Å². The molecule has 0 radical (unpaired) electrons. The first-order valence-corrected chi connectivity index (χ1v) is 6.75. The number of nitrogens with one attached hydrogen (secondary N) is 1. The zero-order valence-corrected chi connectivity index (χ0v) is 11.8. The van der Waals surface area contributed by atoms with Crippen molar-refractivity contribution in [3.05, 3.63) is 69.4 Å². The highest BCUT2D eigenvalue weighted by Crippen LogP contribution is 2.10. The number of nitrogens with zero attached hydrogens (tertiary/aromatic N) is 3. The molecular formula is C15H15N5O2. The van der Waals surface area contributed by atoms with Crippen molar-refractivity contribution >= 4 is 17.1 Å². The lowest BCUT2D eigenvalue weighted by Crippen LogP contribution is -2.25. The number of imidazole rings is 1. The lowest BCUT2D eigenvalue weighted by atomic mass is 10.2. The number of aromatic amines is 1. The van der Waals surface area contributed by atoms with E-state index < -0.39 is 5.56 Å². The molecule has 1 aromatic carbocycles. The van der Waals surface area contributed by atoms with E-state index in [-0.39, 0.29) is 29.3 Å². The van der Waals surface area contributed by atoms with E-state index in [1.165, 1.54) is 9.13 Å². The monoisotopic (exact) mass is 297 g/mol. The molecule has 0 amide bonds. The summed E-state index contributed by atoms with van der Waals surface area (Å²) in [5, 5.41) is 0. The Morgan fingerprint density at radius 2 is 1.95 bits per heavy atom. The summed E-state index contributed by atoms with van der Waals surface area (Å²) in [4.78, 5) is 31.3. The Morgan fingerprint density at radius 3 is 2.64 bits per heavy atom. The van der Waals surface area contributed by atoms with E-state index in [2.05, 4.69) is 16.5 Å². The number of fused-ring (bicyclic) bond motifs is 1. The number of nitrogen functional groups attached to an aromatic ring is 1. The van der Waals surface area contributed by atoms with E-state index in [4.69, 9.17) is 5.73 Å². The lowest BCUT2D eigenvalue weighted by molar-refractivity contribution is 0.706. The zero-order chi connectivity index (χ0) is 15.7. The van der Waals surface area contributed by atoms with Gasteiger partial charge in [0.15, 0.2) is 11.2 Å². The van der Waals surface area contributed by atoms with Gasteiger partial charge in [0, 0.05) is 6.54 Å². The summed E-state index contributed by atoms with van der Waals surface area (Å²) in [5.74, 6) is -0.0185. The number of H-pyrrole nitrogens is 1. The molecule has 0 aliphatic rings. The number of rotatable bonds is 4. The first-order chi connectivity index (χ1) is 10.6. The molecule has 112 valence electrons. The van der Waals surface area contributed by atoms with Crippen LogP contribution in [-0.4, -0.2) is 19.1 Å². The second-order valence-corrected chi connectivity index (χ2v) is 4.88. The predicted molar refractivity (Wildman–Crippen MR) is 84.8 cm³/mol. The van der Waals surface area contributed by atoms with Gasteiger partial charge in [-0.05, 0) is 5.56 Å². The molecule has 0 saturated heterocycles. The zero-order valence-electron chi connectivity index (χ0n) is 11.8. The molecule has 22 heavy (non-hydrogen) atoms. The summed E-state index contributed by atoms with van der Waals surface area (Å²) in [6.07, 6.45) is 1.56. The average molecular weight is 297 g/mol. The minimum atomic E-state index is -0.437. The van der Waals surface area contributed by atoms with E-state index >= 15 is 0 Å². The van der Waals surface area contributed by atoms with Crippen LogP contribution in [0, 0.1) is 0 Å². The Balaban J connectivity index is 2.29. The lowest BCUT2D eigenvalue weighted by Gasteiger charge is -2.02. The van der Waals surface area contributed by atoms with Crippen molar-refractivity contribution in [2.24, 2.45) is 0 Å². The molecule has 3 N–H and O–H groups in total. The van der Waals surface area contributed by atoms with Crippen molar-refractivity contribution in [1.82, 2.24) is 19.1 Å². The van der Waals surface area contributed by atoms with Crippen LogP contribution >= 0.6 is 0 Å². The van der Waals surface area contributed by atoms with Crippen LogP contribution in [0.15, 0.2) is 52.6 Å². The number of nitrogens with two attached hydrogens (primary N) is 1. The van der Waals surface area contributed by atoms with Crippen LogP contribution in [0.4, 0.5) is 5.95 Å². The molecule has 3 rings (SSSR count). The maximum atomic E-state index is 12.6. The molecule has 7 heteroatoms. The normalized spacial score (nSPS) is 10.9. The average Bonchev–Trinajstić information content (AvgIpc) is 2.74. The van der Waals surface area contributed by atoms with Crippen LogP contribution in [-0.2, 0) is 13.1 Å². The highest BCUT2D eigenvalue weighted by molar-refractivity contribution is 5.71. The molecule has 0 fully saturated rings. The van der Waals surface area contributed by atoms with Gasteiger partial charge in [-0.1, -0.05) is 36.4 Å². The number of aromatic nitrogens is 4. The first-order valence-electron chi connectivity index (χ1n) is 6.75. The molecule has 2 aromatic heterocycles. The summed E-state index contributed by atoms with van der Waals surface area (Å²) in [5.41, 5.74) is 6.27. The Bertz CT molecular complexity index is 950. The van der Waals surface area contributed by atoms with Crippen molar-refractivity contribution < 1.29 is 0 Å². The van der Waals surface area contributed by atoms with Crippen molar-refractivity contribution in [3.63, 3.8) is 0 Å². The van der Waals surface area contributed by atoms with E-state index in [1.54, 1.807) is 6.08 Å². The molecule has 0 unspecified atom stereocenters. The highest BCUT2D eigenvalue weighted by atomic mass is 16.2. The van der Waals surface area contributed by atoms with Crippen LogP contribution in [0.5, 0.6) is 0 Å². The number of anilines is 1. The maximum Gasteiger partial charge on any atom is 0.331 e. The van der Waals surface area contributed by atoms with Crippen LogP contribution in [0.3, 0.4) is 0 Å². The fourth-order valence-corrected chi connectivity index (χ4v) is 2.44. The number of hydrogen-bond donors (Lipinski definition) is 2. The molecule has 0 aliphatic heterocycles. The molecule has 2 heterocycles. The minimum Gasteiger partial charge on any atom is -0.369 e. The van der Waals surface area contributed by atoms with Gasteiger partial charge in [-0.3, -0.25) is 18.9 Å². The predicted octanol–water partition coefficient (Wildman–Crippen LogP) is 0.703. The van der Waals surface area contributed by atoms with Gasteiger partial charge in [0.05, 0.1) is 6.54 Å². The second kappa shape index (κ2) is 5.36. The van der Waals surface area contributed by atoms with Gasteiger partial charge in [-0.25, -0.2) is 4.79 Å². The minimum absolute atomic E-state index is 0.0185. The molecule has 0 saturated carbocycles. The second-order valence-electron chi connectivity index (χ2n) is 4.88. The van der Waals surface area contributed by atoms with Crippen LogP contribution in [0.1, 0.15) is 5.56 Å². The molecular weight excluding hydrogens is 282 g/mol. The van der Waals surface area contributed by atoms with Gasteiger partial charge in [-0.15, -0.1) is 6.58 Å². The third-order valence-corrected chi connectivity index (χ3v) is 3.38. The van der Waals surface area contributed by atoms with Crippen molar-refractivity contribution in [3.8, 4) is 0 Å². The summed E-state index contributed by atoms with van der Waals surface area (Å²) in [7, 11) is 0. The Labute approximate surface area is 125 Å². The summed E-state index contributed by atoms with van der Waals surface area (Å²) < 4.78 is 2.79. The van der Waals surface area contributed by atoms with E-state index in [9.17, 15) is 9.59 Å². The Kier molecular flexibility index (Phi) is 3.38. The SMILES string of the molecule is C=CCn1c(=O)n(Cc2ccccc2)c2nc(N)[nH]c(=O)c21. The van der Waals surface area contributed by atoms with E-state index in [0.29, 0.717) is 6.54 Å². The highest BCUT2D eigenvalue weighted by Gasteiger charge is 2.17. The van der Waals surface area contributed by atoms with Crippen LogP contribution in [0.2, 0.25) is 0 Å². The molecule has 0 bridgehead atoms. The largest absolute Gasteiger partial charge is 0.369 e. The van der Waals surface area contributed by atoms with Crippen LogP contribution < -0.4 is 17.0 Å². The summed E-state index contributed by atoms with van der Waals surface area (Å²) in [6, 6.07) is 9.48. The number of allylic oxidation sites excluding steroid dienone is 1. The Morgan fingerprint density at radius 1 is 1.23 bits per heavy atom. The third-order valence-electron chi connectivity index (χ3n) is 3.38. The van der Waals surface area contributed by atoms with Crippen molar-refractivity contribution in [1.29, 1.82) is 0 Å². The fourth-order valence-electron chi connectivity index (χ4n) is 2.44. The standard InChI is InChI=1S/C15H15N5O2/c1-2-8-19-11-12(17-14(16)18-13(11)21)20(15(19)22)9-10-6-4-3-5-7-10/h2-7H,1,8-9H2,(H3,16,17,18,21). The van der Waals surface area contributed by atoms with Gasteiger partial charge < -0.3 is 5.73 Å². The summed E-state index contributed by atoms with van der Waals surface area (Å²) in [6.45, 7) is 4.16. The van der Waals surface area contributed by atoms with Gasteiger partial charge >= 0.3 is 5.69 Å². The van der Waals surface area contributed by atoms with Gasteiger partial charge in [0.1, 0.15) is 0 Å². The summed E-state index contributed by atoms with van der Waals surface area (Å²) >= 11 is 0. The van der Waals surface area contributed by atoms with Gasteiger partial charge in [-0.2, -0.15) is 4.98 Å². The number of hydrogen-bond acceptors (Lipinski definition) is 4.